The number of aliphatic hydroxyl groups excluding tert-OH is 1. The molecule has 1 saturated heterocycles. The molecule has 1 N–H and O–H groups in total. The van der Waals surface area contributed by atoms with Crippen molar-refractivity contribution in [1.29, 1.82) is 0 Å². The van der Waals surface area contributed by atoms with Crippen molar-refractivity contribution in [1.82, 2.24) is 4.90 Å². The molecule has 0 aliphatic carbocycles. The molecule has 186 valence electrons. The van der Waals surface area contributed by atoms with Crippen molar-refractivity contribution < 1.29 is 24.2 Å². The van der Waals surface area contributed by atoms with Gasteiger partial charge < -0.3 is 19.5 Å². The predicted molar refractivity (Wildman–Crippen MR) is 139 cm³/mol. The van der Waals surface area contributed by atoms with E-state index in [-0.39, 0.29) is 11.3 Å². The Morgan fingerprint density at radius 2 is 1.56 bits per heavy atom. The number of aliphatic hydroxyl groups is 1. The summed E-state index contributed by atoms with van der Waals surface area (Å²) in [4.78, 5) is 28.1. The van der Waals surface area contributed by atoms with Crippen LogP contribution in [0, 0.1) is 6.92 Å². The zero-order valence-electron chi connectivity index (χ0n) is 20.9. The lowest BCUT2D eigenvalue weighted by Gasteiger charge is -2.26. The van der Waals surface area contributed by atoms with Crippen molar-refractivity contribution in [3.8, 4) is 11.5 Å². The maximum Gasteiger partial charge on any atom is 0.295 e. The SMILES string of the molecule is CCOc1ccc(C2C(=C(O)c3ccc(C)cc3)C(=O)C(=O)N2CCc2ccccc2)cc1OCC. The van der Waals surface area contributed by atoms with Gasteiger partial charge in [0.25, 0.3) is 11.7 Å². The second kappa shape index (κ2) is 11.1. The molecule has 1 fully saturated rings. The smallest absolute Gasteiger partial charge is 0.295 e. The average molecular weight is 486 g/mol. The van der Waals surface area contributed by atoms with Crippen LogP contribution in [0.1, 0.15) is 42.1 Å². The summed E-state index contributed by atoms with van der Waals surface area (Å²) in [5.74, 6) is -0.398. The Balaban J connectivity index is 1.82. The molecule has 0 saturated carbocycles. The number of amides is 1. The molecule has 1 unspecified atom stereocenters. The Morgan fingerprint density at radius 3 is 2.22 bits per heavy atom. The normalized spacial score (nSPS) is 16.9. The fraction of sp³-hybridized carbons (Fsp3) is 0.267. The number of likely N-dealkylation sites (tertiary alicyclic amines) is 1. The van der Waals surface area contributed by atoms with Gasteiger partial charge in [0.2, 0.25) is 0 Å². The first kappa shape index (κ1) is 25.0. The van der Waals surface area contributed by atoms with E-state index in [1.807, 2.05) is 69.3 Å². The molecule has 6 nitrogen and oxygen atoms in total. The molecule has 1 atom stereocenters. The van der Waals surface area contributed by atoms with Gasteiger partial charge in [0.05, 0.1) is 24.8 Å². The minimum atomic E-state index is -0.759. The third-order valence-corrected chi connectivity index (χ3v) is 6.23. The summed E-state index contributed by atoms with van der Waals surface area (Å²) in [7, 11) is 0. The molecule has 0 aromatic heterocycles. The van der Waals surface area contributed by atoms with Crippen LogP contribution in [-0.2, 0) is 16.0 Å². The van der Waals surface area contributed by atoms with Crippen LogP contribution >= 0.6 is 0 Å². The van der Waals surface area contributed by atoms with Gasteiger partial charge in [0.1, 0.15) is 5.76 Å². The molecular formula is C30H31NO5. The number of carbonyl (C=O) groups is 2. The molecule has 4 rings (SSSR count). The number of nitrogens with zero attached hydrogens (tertiary/aromatic N) is 1. The van der Waals surface area contributed by atoms with Crippen molar-refractivity contribution in [3.63, 3.8) is 0 Å². The molecular weight excluding hydrogens is 454 g/mol. The highest BCUT2D eigenvalue weighted by Gasteiger charge is 2.46. The Kier molecular flexibility index (Phi) is 7.74. The van der Waals surface area contributed by atoms with Crippen LogP contribution in [0.4, 0.5) is 0 Å². The van der Waals surface area contributed by atoms with Gasteiger partial charge >= 0.3 is 0 Å². The van der Waals surface area contributed by atoms with Crippen LogP contribution in [0.2, 0.25) is 0 Å². The number of rotatable bonds is 9. The van der Waals surface area contributed by atoms with Gasteiger partial charge in [0, 0.05) is 12.1 Å². The molecule has 3 aromatic rings. The lowest BCUT2D eigenvalue weighted by atomic mass is 9.94. The van der Waals surface area contributed by atoms with Crippen LogP contribution in [-0.4, -0.2) is 41.5 Å². The highest BCUT2D eigenvalue weighted by molar-refractivity contribution is 6.46. The fourth-order valence-electron chi connectivity index (χ4n) is 4.46. The van der Waals surface area contributed by atoms with Crippen molar-refractivity contribution in [3.05, 3.63) is 101 Å². The van der Waals surface area contributed by atoms with Crippen LogP contribution in [0.25, 0.3) is 5.76 Å². The monoisotopic (exact) mass is 485 g/mol. The summed E-state index contributed by atoms with van der Waals surface area (Å²) >= 11 is 0. The van der Waals surface area contributed by atoms with Crippen LogP contribution in [0.15, 0.2) is 78.4 Å². The zero-order chi connectivity index (χ0) is 25.7. The van der Waals surface area contributed by atoms with Crippen molar-refractivity contribution >= 4 is 17.4 Å². The van der Waals surface area contributed by atoms with Gasteiger partial charge in [-0.1, -0.05) is 66.2 Å². The zero-order valence-corrected chi connectivity index (χ0v) is 20.9. The number of ketones is 1. The number of Topliss-reactive ketones (excluding diaryl/α,β-unsaturated/α-hetero) is 1. The van der Waals surface area contributed by atoms with Gasteiger partial charge in [-0.2, -0.15) is 0 Å². The topological polar surface area (TPSA) is 76.1 Å². The van der Waals surface area contributed by atoms with E-state index < -0.39 is 17.7 Å². The van der Waals surface area contributed by atoms with Crippen LogP contribution in [0.5, 0.6) is 11.5 Å². The van der Waals surface area contributed by atoms with Crippen LogP contribution < -0.4 is 9.47 Å². The number of aryl methyl sites for hydroxylation is 1. The Bertz CT molecular complexity index is 1260. The quantitative estimate of drug-likeness (QED) is 0.248. The predicted octanol–water partition coefficient (Wildman–Crippen LogP) is 5.46. The van der Waals surface area contributed by atoms with Crippen molar-refractivity contribution in [2.75, 3.05) is 19.8 Å². The molecule has 3 aromatic carbocycles. The molecule has 0 bridgehead atoms. The van der Waals surface area contributed by atoms with Crippen molar-refractivity contribution in [2.45, 2.75) is 33.2 Å². The summed E-state index contributed by atoms with van der Waals surface area (Å²) in [6.07, 6.45) is 0.574. The highest BCUT2D eigenvalue weighted by atomic mass is 16.5. The minimum Gasteiger partial charge on any atom is -0.507 e. The second-order valence-electron chi connectivity index (χ2n) is 8.67. The number of ether oxygens (including phenoxy) is 2. The van der Waals surface area contributed by atoms with E-state index >= 15 is 0 Å². The van der Waals surface area contributed by atoms with E-state index in [0.29, 0.717) is 48.8 Å². The van der Waals surface area contributed by atoms with Gasteiger partial charge in [0.15, 0.2) is 11.5 Å². The number of hydrogen-bond acceptors (Lipinski definition) is 5. The van der Waals surface area contributed by atoms with E-state index in [1.54, 1.807) is 29.2 Å². The van der Waals surface area contributed by atoms with E-state index in [9.17, 15) is 14.7 Å². The summed E-state index contributed by atoms with van der Waals surface area (Å²) in [6, 6.07) is 21.7. The van der Waals surface area contributed by atoms with E-state index in [4.69, 9.17) is 9.47 Å². The summed E-state index contributed by atoms with van der Waals surface area (Å²) < 4.78 is 11.5. The first-order valence-electron chi connectivity index (χ1n) is 12.2. The lowest BCUT2D eigenvalue weighted by Crippen LogP contribution is -2.31. The summed E-state index contributed by atoms with van der Waals surface area (Å²) in [6.45, 7) is 6.95. The average Bonchev–Trinajstić information content (AvgIpc) is 3.14. The first-order valence-corrected chi connectivity index (χ1v) is 12.2. The Labute approximate surface area is 211 Å². The van der Waals surface area contributed by atoms with Gasteiger partial charge in [-0.25, -0.2) is 0 Å². The second-order valence-corrected chi connectivity index (χ2v) is 8.67. The summed E-state index contributed by atoms with van der Waals surface area (Å²) in [5, 5.41) is 11.3. The van der Waals surface area contributed by atoms with E-state index in [1.165, 1.54) is 0 Å². The summed E-state index contributed by atoms with van der Waals surface area (Å²) in [5.41, 5.74) is 3.31. The van der Waals surface area contributed by atoms with Gasteiger partial charge in [-0.15, -0.1) is 0 Å². The molecule has 1 heterocycles. The lowest BCUT2D eigenvalue weighted by molar-refractivity contribution is -0.139. The van der Waals surface area contributed by atoms with Gasteiger partial charge in [-0.05, 0) is 50.5 Å². The van der Waals surface area contributed by atoms with Crippen molar-refractivity contribution in [2.24, 2.45) is 0 Å². The van der Waals surface area contributed by atoms with Crippen LogP contribution in [0.3, 0.4) is 0 Å². The highest BCUT2D eigenvalue weighted by Crippen LogP contribution is 2.42. The molecule has 1 aliphatic rings. The molecule has 1 amide bonds. The van der Waals surface area contributed by atoms with Gasteiger partial charge in [-0.3, -0.25) is 9.59 Å². The molecule has 6 heteroatoms. The number of benzene rings is 3. The first-order chi connectivity index (χ1) is 17.4. The molecule has 36 heavy (non-hydrogen) atoms. The molecule has 0 spiro atoms. The fourth-order valence-corrected chi connectivity index (χ4v) is 4.46. The Hall–Kier alpha value is -4.06. The number of hydrogen-bond donors (Lipinski definition) is 1. The third-order valence-electron chi connectivity index (χ3n) is 6.23. The molecule has 1 aliphatic heterocycles. The molecule has 0 radical (unpaired) electrons. The number of carbonyl (C=O) groups excluding carboxylic acids is 2. The Morgan fingerprint density at radius 1 is 0.889 bits per heavy atom. The maximum atomic E-state index is 13.3. The standard InChI is InChI=1S/C30H31NO5/c1-4-35-24-16-15-23(19-25(24)36-5-2)27-26(28(32)22-13-11-20(3)12-14-22)29(33)30(34)31(27)18-17-21-9-7-6-8-10-21/h6-16,19,27,32H,4-5,17-18H2,1-3H3. The third kappa shape index (κ3) is 5.13. The van der Waals surface area contributed by atoms with E-state index in [2.05, 4.69) is 0 Å². The largest absolute Gasteiger partial charge is 0.507 e. The minimum absolute atomic E-state index is 0.0727. The maximum absolute atomic E-state index is 13.3. The van der Waals surface area contributed by atoms with E-state index in [0.717, 1.165) is 11.1 Å².